The van der Waals surface area contributed by atoms with Crippen LogP contribution in [0.5, 0.6) is 0 Å². The summed E-state index contributed by atoms with van der Waals surface area (Å²) in [7, 11) is 0. The predicted octanol–water partition coefficient (Wildman–Crippen LogP) is 2.78. The van der Waals surface area contributed by atoms with Crippen molar-refractivity contribution in [2.24, 2.45) is 0 Å². The predicted molar refractivity (Wildman–Crippen MR) is 111 cm³/mol. The van der Waals surface area contributed by atoms with E-state index in [-0.39, 0.29) is 30.6 Å². The zero-order valence-corrected chi connectivity index (χ0v) is 16.6. The lowest BCUT2D eigenvalue weighted by molar-refractivity contribution is -0.122. The van der Waals surface area contributed by atoms with Gasteiger partial charge in [-0.3, -0.25) is 18.7 Å². The van der Waals surface area contributed by atoms with E-state index in [1.165, 1.54) is 4.57 Å². The van der Waals surface area contributed by atoms with Crippen LogP contribution in [0.3, 0.4) is 0 Å². The van der Waals surface area contributed by atoms with Gasteiger partial charge in [-0.05, 0) is 43.2 Å². The average molecular weight is 400 g/mol. The SMILES string of the molecule is CCC(C)NC(=O)Cn1c(=O)n(Cc2cccc(Cl)c2)c(=O)c2ccccc21. The van der Waals surface area contributed by atoms with E-state index in [0.717, 1.165) is 16.6 Å². The van der Waals surface area contributed by atoms with Crippen LogP contribution in [0.25, 0.3) is 10.9 Å². The lowest BCUT2D eigenvalue weighted by Gasteiger charge is -2.16. The number of hydrogen-bond donors (Lipinski definition) is 1. The van der Waals surface area contributed by atoms with Gasteiger partial charge in [0, 0.05) is 11.1 Å². The van der Waals surface area contributed by atoms with E-state index in [0.29, 0.717) is 15.9 Å². The highest BCUT2D eigenvalue weighted by atomic mass is 35.5. The molecule has 0 aliphatic heterocycles. The summed E-state index contributed by atoms with van der Waals surface area (Å²) in [6.45, 7) is 3.80. The van der Waals surface area contributed by atoms with Crippen molar-refractivity contribution >= 4 is 28.4 Å². The minimum Gasteiger partial charge on any atom is -0.352 e. The molecule has 1 unspecified atom stereocenters. The Bertz CT molecular complexity index is 1130. The van der Waals surface area contributed by atoms with Gasteiger partial charge in [-0.25, -0.2) is 4.79 Å². The first-order valence-electron chi connectivity index (χ1n) is 9.17. The van der Waals surface area contributed by atoms with E-state index < -0.39 is 5.69 Å². The molecule has 0 saturated carbocycles. The molecule has 3 aromatic rings. The van der Waals surface area contributed by atoms with Crippen LogP contribution < -0.4 is 16.6 Å². The zero-order valence-electron chi connectivity index (χ0n) is 15.8. The molecule has 1 aromatic heterocycles. The van der Waals surface area contributed by atoms with Crippen molar-refractivity contribution < 1.29 is 4.79 Å². The molecular formula is C21H22ClN3O3. The van der Waals surface area contributed by atoms with Crippen molar-refractivity contribution in [3.05, 3.63) is 80.0 Å². The largest absolute Gasteiger partial charge is 0.352 e. The standard InChI is InChI=1S/C21H22ClN3O3/c1-3-14(2)23-19(26)13-24-18-10-5-4-9-17(18)20(27)25(21(24)28)12-15-7-6-8-16(22)11-15/h4-11,14H,3,12-13H2,1-2H3,(H,23,26). The van der Waals surface area contributed by atoms with Crippen LogP contribution in [0, 0.1) is 0 Å². The zero-order chi connectivity index (χ0) is 20.3. The molecule has 2 aromatic carbocycles. The first-order valence-corrected chi connectivity index (χ1v) is 9.54. The van der Waals surface area contributed by atoms with Gasteiger partial charge in [0.05, 0.1) is 17.4 Å². The molecule has 6 nitrogen and oxygen atoms in total. The molecule has 146 valence electrons. The fourth-order valence-electron chi connectivity index (χ4n) is 3.05. The van der Waals surface area contributed by atoms with Gasteiger partial charge >= 0.3 is 5.69 Å². The van der Waals surface area contributed by atoms with Gasteiger partial charge in [-0.2, -0.15) is 0 Å². The van der Waals surface area contributed by atoms with Gasteiger partial charge in [0.2, 0.25) is 5.91 Å². The van der Waals surface area contributed by atoms with Crippen molar-refractivity contribution in [1.29, 1.82) is 0 Å². The van der Waals surface area contributed by atoms with E-state index >= 15 is 0 Å². The van der Waals surface area contributed by atoms with Gasteiger partial charge in [-0.1, -0.05) is 42.8 Å². The lowest BCUT2D eigenvalue weighted by atomic mass is 10.2. The summed E-state index contributed by atoms with van der Waals surface area (Å²) in [6.07, 6.45) is 0.787. The number of fused-ring (bicyclic) bond motifs is 1. The molecule has 1 atom stereocenters. The smallest absolute Gasteiger partial charge is 0.332 e. The third kappa shape index (κ3) is 4.17. The highest BCUT2D eigenvalue weighted by Crippen LogP contribution is 2.12. The van der Waals surface area contributed by atoms with E-state index in [1.807, 2.05) is 13.8 Å². The first-order chi connectivity index (χ1) is 13.4. The molecule has 0 aliphatic rings. The molecule has 0 fully saturated rings. The minimum absolute atomic E-state index is 0.00633. The summed E-state index contributed by atoms with van der Waals surface area (Å²) in [5.74, 6) is -0.269. The van der Waals surface area contributed by atoms with Crippen LogP contribution in [-0.2, 0) is 17.9 Å². The third-order valence-corrected chi connectivity index (χ3v) is 4.92. The van der Waals surface area contributed by atoms with Crippen LogP contribution in [0.2, 0.25) is 5.02 Å². The monoisotopic (exact) mass is 399 g/mol. The minimum atomic E-state index is -0.525. The number of carbonyl (C=O) groups excluding carboxylic acids is 1. The molecule has 1 heterocycles. The number of para-hydroxylation sites is 1. The van der Waals surface area contributed by atoms with Crippen molar-refractivity contribution in [2.75, 3.05) is 0 Å². The van der Waals surface area contributed by atoms with Crippen molar-refractivity contribution in [3.8, 4) is 0 Å². The van der Waals surface area contributed by atoms with Crippen LogP contribution in [-0.4, -0.2) is 21.1 Å². The Balaban J connectivity index is 2.11. The molecule has 0 aliphatic carbocycles. The van der Waals surface area contributed by atoms with E-state index in [1.54, 1.807) is 48.5 Å². The quantitative estimate of drug-likeness (QED) is 0.692. The number of rotatable bonds is 6. The molecule has 3 rings (SSSR count). The molecule has 0 radical (unpaired) electrons. The van der Waals surface area contributed by atoms with Crippen LogP contribution in [0.15, 0.2) is 58.1 Å². The fourth-order valence-corrected chi connectivity index (χ4v) is 3.26. The van der Waals surface area contributed by atoms with E-state index in [9.17, 15) is 14.4 Å². The Kier molecular flexibility index (Phi) is 5.99. The maximum atomic E-state index is 13.1. The molecule has 0 spiro atoms. The van der Waals surface area contributed by atoms with Crippen LogP contribution >= 0.6 is 11.6 Å². The maximum absolute atomic E-state index is 13.1. The average Bonchev–Trinajstić information content (AvgIpc) is 2.68. The second-order valence-electron chi connectivity index (χ2n) is 6.78. The summed E-state index contributed by atoms with van der Waals surface area (Å²) >= 11 is 6.02. The van der Waals surface area contributed by atoms with Gasteiger partial charge in [0.25, 0.3) is 5.56 Å². The number of halogens is 1. The number of hydrogen-bond acceptors (Lipinski definition) is 3. The Morgan fingerprint density at radius 1 is 1.11 bits per heavy atom. The van der Waals surface area contributed by atoms with Crippen molar-refractivity contribution in [3.63, 3.8) is 0 Å². The molecule has 1 amide bonds. The Labute approximate surface area is 167 Å². The number of nitrogens with one attached hydrogen (secondary N) is 1. The molecule has 0 bridgehead atoms. The Morgan fingerprint density at radius 2 is 1.86 bits per heavy atom. The Hall–Kier alpha value is -2.86. The van der Waals surface area contributed by atoms with Crippen molar-refractivity contribution in [2.45, 2.75) is 39.4 Å². The number of benzene rings is 2. The second-order valence-corrected chi connectivity index (χ2v) is 7.22. The molecule has 7 heteroatoms. The summed E-state index contributed by atoms with van der Waals surface area (Å²) < 4.78 is 2.49. The number of nitrogens with zero attached hydrogens (tertiary/aromatic N) is 2. The first kappa shape index (κ1) is 19.9. The van der Waals surface area contributed by atoms with E-state index in [4.69, 9.17) is 11.6 Å². The molecule has 28 heavy (non-hydrogen) atoms. The fraction of sp³-hybridized carbons (Fsp3) is 0.286. The normalized spacial score (nSPS) is 12.1. The molecule has 1 N–H and O–H groups in total. The summed E-state index contributed by atoms with van der Waals surface area (Å²) in [6, 6.07) is 13.8. The van der Waals surface area contributed by atoms with Gasteiger partial charge in [0.1, 0.15) is 6.54 Å². The van der Waals surface area contributed by atoms with Crippen LogP contribution in [0.4, 0.5) is 0 Å². The highest BCUT2D eigenvalue weighted by Gasteiger charge is 2.16. The lowest BCUT2D eigenvalue weighted by Crippen LogP contribution is -2.43. The van der Waals surface area contributed by atoms with Gasteiger partial charge in [-0.15, -0.1) is 0 Å². The number of aromatic nitrogens is 2. The molecule has 0 saturated heterocycles. The second kappa shape index (κ2) is 8.44. The third-order valence-electron chi connectivity index (χ3n) is 4.68. The van der Waals surface area contributed by atoms with Gasteiger partial charge < -0.3 is 5.32 Å². The topological polar surface area (TPSA) is 73.1 Å². The van der Waals surface area contributed by atoms with Crippen LogP contribution in [0.1, 0.15) is 25.8 Å². The summed E-state index contributed by atoms with van der Waals surface area (Å²) in [5.41, 5.74) is 0.263. The summed E-state index contributed by atoms with van der Waals surface area (Å²) in [5, 5.41) is 3.77. The van der Waals surface area contributed by atoms with E-state index in [2.05, 4.69) is 5.32 Å². The number of carbonyl (C=O) groups is 1. The van der Waals surface area contributed by atoms with Crippen molar-refractivity contribution in [1.82, 2.24) is 14.5 Å². The maximum Gasteiger partial charge on any atom is 0.332 e. The number of amides is 1. The molecular weight excluding hydrogens is 378 g/mol. The highest BCUT2D eigenvalue weighted by molar-refractivity contribution is 6.30. The Morgan fingerprint density at radius 3 is 2.57 bits per heavy atom. The van der Waals surface area contributed by atoms with Gasteiger partial charge in [0.15, 0.2) is 0 Å². The summed E-state index contributed by atoms with van der Waals surface area (Å²) in [4.78, 5) is 38.4.